The van der Waals surface area contributed by atoms with Crippen molar-refractivity contribution in [3.8, 4) is 0 Å². The number of ether oxygens (including phenoxy) is 1. The van der Waals surface area contributed by atoms with E-state index in [4.69, 9.17) is 4.74 Å². The van der Waals surface area contributed by atoms with E-state index in [0.717, 1.165) is 45.6 Å². The predicted molar refractivity (Wildman–Crippen MR) is 81.7 cm³/mol. The van der Waals surface area contributed by atoms with Gasteiger partial charge in [-0.3, -0.25) is 10.1 Å². The highest BCUT2D eigenvalue weighted by molar-refractivity contribution is 5.54. The van der Waals surface area contributed by atoms with Crippen LogP contribution < -0.4 is 10.6 Å². The molecular weight excluding hydrogens is 272 g/mol. The molecule has 7 nitrogen and oxygen atoms in total. The minimum absolute atomic E-state index is 0.0512. The number of pyridine rings is 1. The van der Waals surface area contributed by atoms with E-state index in [1.165, 1.54) is 12.1 Å². The normalized spacial score (nSPS) is 17.7. The zero-order valence-electron chi connectivity index (χ0n) is 12.3. The van der Waals surface area contributed by atoms with E-state index in [1.807, 2.05) is 6.92 Å². The van der Waals surface area contributed by atoms with Crippen molar-refractivity contribution >= 4 is 17.3 Å². The summed E-state index contributed by atoms with van der Waals surface area (Å²) in [4.78, 5) is 14.9. The second kappa shape index (κ2) is 7.78. The van der Waals surface area contributed by atoms with Gasteiger partial charge < -0.3 is 15.4 Å². The third kappa shape index (κ3) is 4.86. The number of nitrogens with one attached hydrogen (secondary N) is 2. The van der Waals surface area contributed by atoms with Crippen LogP contribution in [0, 0.1) is 16.0 Å². The average Bonchev–Trinajstić information content (AvgIpc) is 2.98. The molecule has 116 valence electrons. The number of aromatic nitrogens is 1. The van der Waals surface area contributed by atoms with E-state index in [0.29, 0.717) is 17.6 Å². The maximum absolute atomic E-state index is 11.0. The Hall–Kier alpha value is -1.89. The molecule has 2 N–H and O–H groups in total. The first-order valence-corrected chi connectivity index (χ1v) is 7.41. The minimum atomic E-state index is -0.394. The molecule has 0 radical (unpaired) electrons. The lowest BCUT2D eigenvalue weighted by atomic mass is 10.1. The smallest absolute Gasteiger partial charge is 0.276 e. The van der Waals surface area contributed by atoms with Crippen molar-refractivity contribution in [2.45, 2.75) is 26.2 Å². The number of nitrogens with zero attached hydrogens (tertiary/aromatic N) is 2. The fourth-order valence-corrected chi connectivity index (χ4v) is 2.27. The van der Waals surface area contributed by atoms with Crippen LogP contribution in [-0.2, 0) is 4.74 Å². The largest absolute Gasteiger partial charge is 0.381 e. The Morgan fingerprint density at radius 1 is 1.38 bits per heavy atom. The van der Waals surface area contributed by atoms with Crippen molar-refractivity contribution in [2.24, 2.45) is 5.92 Å². The van der Waals surface area contributed by atoms with Crippen molar-refractivity contribution in [1.82, 2.24) is 4.98 Å². The topological polar surface area (TPSA) is 89.3 Å². The molecule has 2 heterocycles. The van der Waals surface area contributed by atoms with Gasteiger partial charge in [-0.25, -0.2) is 4.98 Å². The highest BCUT2D eigenvalue weighted by Gasteiger charge is 2.15. The second-order valence-corrected chi connectivity index (χ2v) is 5.22. The summed E-state index contributed by atoms with van der Waals surface area (Å²) in [5, 5.41) is 17.2. The van der Waals surface area contributed by atoms with Gasteiger partial charge in [0.2, 0.25) is 0 Å². The van der Waals surface area contributed by atoms with E-state index in [1.54, 1.807) is 0 Å². The molecule has 1 aliphatic heterocycles. The number of nitro groups is 1. The monoisotopic (exact) mass is 294 g/mol. The zero-order chi connectivity index (χ0) is 15.1. The van der Waals surface area contributed by atoms with Crippen LogP contribution in [0.15, 0.2) is 12.1 Å². The van der Waals surface area contributed by atoms with Crippen molar-refractivity contribution in [3.63, 3.8) is 0 Å². The number of hydrogen-bond acceptors (Lipinski definition) is 6. The van der Waals surface area contributed by atoms with Gasteiger partial charge >= 0.3 is 0 Å². The van der Waals surface area contributed by atoms with Gasteiger partial charge in [0.05, 0.1) is 17.1 Å². The molecule has 0 spiro atoms. The third-order valence-electron chi connectivity index (χ3n) is 3.46. The van der Waals surface area contributed by atoms with Crippen LogP contribution in [0.4, 0.5) is 17.3 Å². The zero-order valence-corrected chi connectivity index (χ0v) is 12.3. The Balaban J connectivity index is 1.95. The molecule has 0 amide bonds. The Kier molecular flexibility index (Phi) is 5.74. The fraction of sp³-hybridized carbons (Fsp3) is 0.643. The summed E-state index contributed by atoms with van der Waals surface area (Å²) in [7, 11) is 0. The lowest BCUT2D eigenvalue weighted by Crippen LogP contribution is -2.11. The first-order valence-electron chi connectivity index (χ1n) is 7.41. The number of rotatable bonds is 8. The van der Waals surface area contributed by atoms with Crippen LogP contribution in [0.1, 0.15) is 26.2 Å². The highest BCUT2D eigenvalue weighted by atomic mass is 16.6. The minimum Gasteiger partial charge on any atom is -0.381 e. The molecular formula is C14H22N4O3. The predicted octanol–water partition coefficient (Wildman–Crippen LogP) is 2.65. The fourth-order valence-electron chi connectivity index (χ4n) is 2.27. The Labute approximate surface area is 124 Å². The highest BCUT2D eigenvalue weighted by Crippen LogP contribution is 2.21. The summed E-state index contributed by atoms with van der Waals surface area (Å²) in [5.74, 6) is 1.66. The first-order chi connectivity index (χ1) is 10.2. The summed E-state index contributed by atoms with van der Waals surface area (Å²) in [5.41, 5.74) is 0.0512. The summed E-state index contributed by atoms with van der Waals surface area (Å²) < 4.78 is 5.33. The molecule has 1 unspecified atom stereocenters. The third-order valence-corrected chi connectivity index (χ3v) is 3.46. The SMILES string of the molecule is CCCNc1cc([N+](=O)[O-])cc(NCCC2CCOC2)n1. The van der Waals surface area contributed by atoms with Gasteiger partial charge in [0.25, 0.3) is 5.69 Å². The van der Waals surface area contributed by atoms with Gasteiger partial charge in [-0.15, -0.1) is 0 Å². The standard InChI is InChI=1S/C14H22N4O3/c1-2-5-15-13-8-12(18(19)20)9-14(17-13)16-6-3-11-4-7-21-10-11/h8-9,11H,2-7,10H2,1H3,(H2,15,16,17). The quantitative estimate of drug-likeness (QED) is 0.566. The van der Waals surface area contributed by atoms with E-state index < -0.39 is 4.92 Å². The molecule has 0 aliphatic carbocycles. The van der Waals surface area contributed by atoms with Crippen LogP contribution in [-0.4, -0.2) is 36.2 Å². The Morgan fingerprint density at radius 2 is 2.10 bits per heavy atom. The molecule has 7 heteroatoms. The Morgan fingerprint density at radius 3 is 2.67 bits per heavy atom. The van der Waals surface area contributed by atoms with Gasteiger partial charge in [0.15, 0.2) is 0 Å². The molecule has 0 bridgehead atoms. The summed E-state index contributed by atoms with van der Waals surface area (Å²) >= 11 is 0. The van der Waals surface area contributed by atoms with Gasteiger partial charge in [0.1, 0.15) is 11.6 Å². The van der Waals surface area contributed by atoms with Crippen LogP contribution in [0.2, 0.25) is 0 Å². The van der Waals surface area contributed by atoms with E-state index in [-0.39, 0.29) is 5.69 Å². The van der Waals surface area contributed by atoms with Crippen molar-refractivity contribution in [2.75, 3.05) is 36.9 Å². The first kappa shape index (κ1) is 15.5. The Bertz CT molecular complexity index is 475. The van der Waals surface area contributed by atoms with Gasteiger partial charge in [0, 0.05) is 26.3 Å². The molecule has 1 fully saturated rings. The molecule has 0 saturated carbocycles. The van der Waals surface area contributed by atoms with Crippen molar-refractivity contribution < 1.29 is 9.66 Å². The lowest BCUT2D eigenvalue weighted by molar-refractivity contribution is -0.384. The van der Waals surface area contributed by atoms with Crippen LogP contribution in [0.3, 0.4) is 0 Å². The van der Waals surface area contributed by atoms with E-state index in [2.05, 4.69) is 15.6 Å². The maximum Gasteiger partial charge on any atom is 0.276 e. The maximum atomic E-state index is 11.0. The summed E-state index contributed by atoms with van der Waals surface area (Å²) in [6.07, 6.45) is 3.02. The van der Waals surface area contributed by atoms with Gasteiger partial charge in [-0.1, -0.05) is 6.92 Å². The molecule has 2 rings (SSSR count). The molecule has 1 aromatic rings. The van der Waals surface area contributed by atoms with Crippen molar-refractivity contribution in [1.29, 1.82) is 0 Å². The van der Waals surface area contributed by atoms with Crippen LogP contribution in [0.5, 0.6) is 0 Å². The molecule has 1 saturated heterocycles. The number of hydrogen-bond donors (Lipinski definition) is 2. The molecule has 1 aromatic heterocycles. The average molecular weight is 294 g/mol. The number of anilines is 2. The molecule has 0 aromatic carbocycles. The second-order valence-electron chi connectivity index (χ2n) is 5.22. The van der Waals surface area contributed by atoms with Crippen LogP contribution in [0.25, 0.3) is 0 Å². The molecule has 1 atom stereocenters. The van der Waals surface area contributed by atoms with Gasteiger partial charge in [-0.2, -0.15) is 0 Å². The summed E-state index contributed by atoms with van der Waals surface area (Å²) in [6, 6.07) is 2.94. The van der Waals surface area contributed by atoms with E-state index >= 15 is 0 Å². The van der Waals surface area contributed by atoms with Crippen LogP contribution >= 0.6 is 0 Å². The van der Waals surface area contributed by atoms with Gasteiger partial charge in [-0.05, 0) is 25.2 Å². The van der Waals surface area contributed by atoms with E-state index in [9.17, 15) is 10.1 Å². The molecule has 1 aliphatic rings. The molecule has 21 heavy (non-hydrogen) atoms. The lowest BCUT2D eigenvalue weighted by Gasteiger charge is -2.11. The van der Waals surface area contributed by atoms with Crippen molar-refractivity contribution in [3.05, 3.63) is 22.2 Å². The summed E-state index contributed by atoms with van der Waals surface area (Å²) in [6.45, 7) is 5.17.